The Morgan fingerprint density at radius 3 is 2.36 bits per heavy atom. The maximum atomic E-state index is 3.88. The summed E-state index contributed by atoms with van der Waals surface area (Å²) in [5.41, 5.74) is 0.487. The van der Waals surface area contributed by atoms with Gasteiger partial charge in [0.1, 0.15) is 0 Å². The van der Waals surface area contributed by atoms with Crippen molar-refractivity contribution in [3.63, 3.8) is 0 Å². The fourth-order valence-electron chi connectivity index (χ4n) is 1.24. The molecule has 0 aliphatic rings. The van der Waals surface area contributed by atoms with Gasteiger partial charge in [-0.25, -0.2) is 0 Å². The zero-order chi connectivity index (χ0) is 8.74. The van der Waals surface area contributed by atoms with Gasteiger partial charge in [0.2, 0.25) is 0 Å². The molecule has 1 radical (unpaired) electrons. The highest BCUT2D eigenvalue weighted by molar-refractivity contribution is 4.80. The molecule has 0 spiro atoms. The lowest BCUT2D eigenvalue weighted by Gasteiger charge is -2.22. The van der Waals surface area contributed by atoms with Crippen molar-refractivity contribution in [2.24, 2.45) is 5.41 Å². The van der Waals surface area contributed by atoms with Gasteiger partial charge in [0.05, 0.1) is 0 Å². The van der Waals surface area contributed by atoms with Crippen molar-refractivity contribution < 1.29 is 0 Å². The summed E-state index contributed by atoms with van der Waals surface area (Å²) in [5.74, 6) is 0. The zero-order valence-electron chi connectivity index (χ0n) is 8.19. The highest BCUT2D eigenvalue weighted by Gasteiger charge is 2.14. The molecule has 0 amide bonds. The molecule has 0 aromatic carbocycles. The molecule has 0 rings (SSSR count). The van der Waals surface area contributed by atoms with Crippen molar-refractivity contribution in [2.75, 3.05) is 0 Å². The van der Waals surface area contributed by atoms with Crippen LogP contribution in [0.15, 0.2) is 12.2 Å². The zero-order valence-corrected chi connectivity index (χ0v) is 8.19. The van der Waals surface area contributed by atoms with Gasteiger partial charge in [-0.1, -0.05) is 39.3 Å². The van der Waals surface area contributed by atoms with Crippen LogP contribution in [0.1, 0.15) is 46.5 Å². The van der Waals surface area contributed by atoms with Crippen molar-refractivity contribution >= 4 is 0 Å². The summed E-state index contributed by atoms with van der Waals surface area (Å²) in [6.45, 7) is 10.6. The van der Waals surface area contributed by atoms with Gasteiger partial charge < -0.3 is 0 Å². The second-order valence-corrected chi connectivity index (χ2v) is 3.88. The molecule has 0 aromatic heterocycles. The van der Waals surface area contributed by atoms with Crippen LogP contribution < -0.4 is 0 Å². The van der Waals surface area contributed by atoms with Crippen LogP contribution in [0, 0.1) is 12.3 Å². The van der Waals surface area contributed by atoms with Crippen LogP contribution in [-0.4, -0.2) is 0 Å². The topological polar surface area (TPSA) is 0 Å². The Hall–Kier alpha value is -0.260. The van der Waals surface area contributed by atoms with E-state index in [0.29, 0.717) is 5.41 Å². The second-order valence-electron chi connectivity index (χ2n) is 3.88. The lowest BCUT2D eigenvalue weighted by Crippen LogP contribution is -2.09. The Labute approximate surface area is 71.7 Å². The molecule has 0 heteroatoms. The van der Waals surface area contributed by atoms with Crippen molar-refractivity contribution in [1.82, 2.24) is 0 Å². The predicted octanol–water partition coefficient (Wildman–Crippen LogP) is 3.98. The quantitative estimate of drug-likeness (QED) is 0.524. The first-order valence-corrected chi connectivity index (χ1v) is 4.53. The summed E-state index contributed by atoms with van der Waals surface area (Å²) in [6, 6.07) is 0. The predicted molar refractivity (Wildman–Crippen MR) is 52.4 cm³/mol. The average molecular weight is 153 g/mol. The molecule has 0 aromatic rings. The van der Waals surface area contributed by atoms with E-state index in [0.717, 1.165) is 6.42 Å². The SMILES string of the molecule is [CH2]CCC(C)(C)CCC=CC. The monoisotopic (exact) mass is 153 g/mol. The van der Waals surface area contributed by atoms with Crippen LogP contribution in [0.5, 0.6) is 0 Å². The summed E-state index contributed by atoms with van der Waals surface area (Å²) in [5, 5.41) is 0. The fourth-order valence-corrected chi connectivity index (χ4v) is 1.24. The lowest BCUT2D eigenvalue weighted by atomic mass is 9.83. The van der Waals surface area contributed by atoms with Crippen LogP contribution >= 0.6 is 0 Å². The molecule has 0 saturated heterocycles. The number of rotatable bonds is 5. The molecular formula is C11H21. The van der Waals surface area contributed by atoms with Crippen molar-refractivity contribution in [3.05, 3.63) is 19.1 Å². The van der Waals surface area contributed by atoms with Crippen molar-refractivity contribution in [3.8, 4) is 0 Å². The van der Waals surface area contributed by atoms with E-state index in [4.69, 9.17) is 0 Å². The molecule has 0 aliphatic heterocycles. The van der Waals surface area contributed by atoms with Gasteiger partial charge in [-0.3, -0.25) is 0 Å². The minimum Gasteiger partial charge on any atom is -0.0917 e. The van der Waals surface area contributed by atoms with Crippen LogP contribution in [0.2, 0.25) is 0 Å². The van der Waals surface area contributed by atoms with Crippen molar-refractivity contribution in [2.45, 2.75) is 46.5 Å². The maximum absolute atomic E-state index is 3.88. The molecule has 0 aliphatic carbocycles. The van der Waals surface area contributed by atoms with E-state index < -0.39 is 0 Å². The van der Waals surface area contributed by atoms with Crippen molar-refractivity contribution in [1.29, 1.82) is 0 Å². The minimum absolute atomic E-state index is 0.487. The van der Waals surface area contributed by atoms with E-state index in [1.807, 2.05) is 0 Å². The first-order chi connectivity index (χ1) is 5.12. The van der Waals surface area contributed by atoms with Crippen LogP contribution in [0.4, 0.5) is 0 Å². The van der Waals surface area contributed by atoms with E-state index in [1.165, 1.54) is 19.3 Å². The standard InChI is InChI=1S/C11H21/c1-5-7-8-10-11(3,4)9-6-2/h5,7H,2,6,8-10H2,1,3-4H3. The molecule has 0 saturated carbocycles. The van der Waals surface area contributed by atoms with Gasteiger partial charge in [-0.2, -0.15) is 0 Å². The van der Waals surface area contributed by atoms with Gasteiger partial charge in [0.15, 0.2) is 0 Å². The van der Waals surface area contributed by atoms with Gasteiger partial charge in [0.25, 0.3) is 0 Å². The van der Waals surface area contributed by atoms with E-state index in [1.54, 1.807) is 0 Å². The summed E-state index contributed by atoms with van der Waals surface area (Å²) >= 11 is 0. The second kappa shape index (κ2) is 5.40. The Kier molecular flexibility index (Phi) is 5.27. The third-order valence-corrected chi connectivity index (χ3v) is 2.08. The van der Waals surface area contributed by atoms with Gasteiger partial charge in [-0.15, -0.1) is 0 Å². The first kappa shape index (κ1) is 10.7. The Morgan fingerprint density at radius 1 is 1.27 bits per heavy atom. The molecule has 0 bridgehead atoms. The van der Waals surface area contributed by atoms with Gasteiger partial charge in [0, 0.05) is 0 Å². The minimum atomic E-state index is 0.487. The molecule has 0 nitrogen and oxygen atoms in total. The molecule has 0 fully saturated rings. The number of hydrogen-bond donors (Lipinski definition) is 0. The van der Waals surface area contributed by atoms with Gasteiger partial charge in [-0.05, 0) is 31.6 Å². The maximum Gasteiger partial charge on any atom is -0.0346 e. The summed E-state index contributed by atoms with van der Waals surface area (Å²) in [6.07, 6.45) is 9.16. The Balaban J connectivity index is 3.54. The molecule has 0 unspecified atom stereocenters. The smallest absolute Gasteiger partial charge is 0.0346 e. The van der Waals surface area contributed by atoms with Gasteiger partial charge >= 0.3 is 0 Å². The molecule has 11 heavy (non-hydrogen) atoms. The molecule has 0 N–H and O–H groups in total. The normalized spacial score (nSPS) is 12.7. The number of allylic oxidation sites excluding steroid dienone is 2. The molecule has 0 heterocycles. The average Bonchev–Trinajstić information content (AvgIpc) is 1.87. The molecule has 0 atom stereocenters. The summed E-state index contributed by atoms with van der Waals surface area (Å²) in [7, 11) is 0. The molecule has 65 valence electrons. The lowest BCUT2D eigenvalue weighted by molar-refractivity contribution is 0.312. The highest BCUT2D eigenvalue weighted by Crippen LogP contribution is 2.27. The third-order valence-electron chi connectivity index (χ3n) is 2.08. The highest BCUT2D eigenvalue weighted by atomic mass is 14.2. The van der Waals surface area contributed by atoms with Crippen LogP contribution in [-0.2, 0) is 0 Å². The summed E-state index contributed by atoms with van der Waals surface area (Å²) < 4.78 is 0. The first-order valence-electron chi connectivity index (χ1n) is 4.53. The third kappa shape index (κ3) is 6.15. The largest absolute Gasteiger partial charge is 0.0917 e. The number of hydrogen-bond acceptors (Lipinski definition) is 0. The van der Waals surface area contributed by atoms with E-state index in [2.05, 4.69) is 39.8 Å². The Bertz CT molecular complexity index is 109. The van der Waals surface area contributed by atoms with E-state index in [-0.39, 0.29) is 0 Å². The van der Waals surface area contributed by atoms with E-state index >= 15 is 0 Å². The summed E-state index contributed by atoms with van der Waals surface area (Å²) in [4.78, 5) is 0. The molecular weight excluding hydrogens is 132 g/mol. The fraction of sp³-hybridized carbons (Fsp3) is 0.727. The van der Waals surface area contributed by atoms with E-state index in [9.17, 15) is 0 Å². The van der Waals surface area contributed by atoms with Crippen LogP contribution in [0.25, 0.3) is 0 Å². The van der Waals surface area contributed by atoms with Crippen LogP contribution in [0.3, 0.4) is 0 Å². The Morgan fingerprint density at radius 2 is 1.91 bits per heavy atom.